The van der Waals surface area contributed by atoms with Gasteiger partial charge >= 0.3 is 0 Å². The van der Waals surface area contributed by atoms with Gasteiger partial charge in [0.1, 0.15) is 5.82 Å². The van der Waals surface area contributed by atoms with Gasteiger partial charge in [0, 0.05) is 11.2 Å². The van der Waals surface area contributed by atoms with Gasteiger partial charge in [0.2, 0.25) is 0 Å². The first kappa shape index (κ1) is 13.5. The topological polar surface area (TPSA) is 61.9 Å². The van der Waals surface area contributed by atoms with Crippen LogP contribution in [0.5, 0.6) is 0 Å². The van der Waals surface area contributed by atoms with E-state index in [4.69, 9.17) is 0 Å². The van der Waals surface area contributed by atoms with E-state index in [2.05, 4.69) is 21.2 Å². The zero-order chi connectivity index (χ0) is 15.1. The third-order valence-electron chi connectivity index (χ3n) is 4.06. The van der Waals surface area contributed by atoms with Crippen LogP contribution in [0, 0.1) is 6.92 Å². The number of aromatic nitrogens is 3. The summed E-state index contributed by atoms with van der Waals surface area (Å²) in [5.74, 6) is 1.60. The maximum Gasteiger partial charge on any atom is 0.264 e. The van der Waals surface area contributed by atoms with Gasteiger partial charge in [-0.05, 0) is 37.3 Å². The molecule has 5 nitrogen and oxygen atoms in total. The molecule has 0 bridgehead atoms. The molecule has 1 N–H and O–H groups in total. The normalized spacial score (nSPS) is 18.2. The molecule has 2 aromatic heterocycles. The van der Waals surface area contributed by atoms with E-state index in [0.29, 0.717) is 0 Å². The SMILES string of the molecule is Cc1nc(C2CCCN2C(=O)c2cc3ccccc3s2)n[nH]1. The standard InChI is InChI=1S/C16H16N4OS/c1-10-17-15(19-18-10)12-6-4-8-20(12)16(21)14-9-11-5-2-3-7-13(11)22-14/h2-3,5,7,9,12H,4,6,8H2,1H3,(H,17,18,19). The number of H-pyrrole nitrogens is 1. The first-order chi connectivity index (χ1) is 10.7. The van der Waals surface area contributed by atoms with Crippen molar-refractivity contribution in [2.75, 3.05) is 6.54 Å². The Morgan fingerprint density at radius 2 is 2.27 bits per heavy atom. The largest absolute Gasteiger partial charge is 0.328 e. The van der Waals surface area contributed by atoms with Gasteiger partial charge in [-0.1, -0.05) is 18.2 Å². The Kier molecular flexibility index (Phi) is 3.18. The predicted octanol–water partition coefficient (Wildman–Crippen LogP) is 3.31. The van der Waals surface area contributed by atoms with Crippen LogP contribution < -0.4 is 0 Å². The van der Waals surface area contributed by atoms with E-state index in [1.165, 1.54) is 0 Å². The summed E-state index contributed by atoms with van der Waals surface area (Å²) >= 11 is 1.55. The van der Waals surface area contributed by atoms with Crippen molar-refractivity contribution in [3.63, 3.8) is 0 Å². The molecule has 0 saturated carbocycles. The number of nitrogens with zero attached hydrogens (tertiary/aromatic N) is 3. The molecule has 22 heavy (non-hydrogen) atoms. The minimum absolute atomic E-state index is 0.0114. The van der Waals surface area contributed by atoms with Crippen LogP contribution in [-0.2, 0) is 0 Å². The summed E-state index contributed by atoms with van der Waals surface area (Å²) in [7, 11) is 0. The number of aromatic amines is 1. The van der Waals surface area contributed by atoms with Gasteiger partial charge in [-0.15, -0.1) is 11.3 Å². The van der Waals surface area contributed by atoms with Crippen LogP contribution in [0.2, 0.25) is 0 Å². The number of nitrogens with one attached hydrogen (secondary N) is 1. The Balaban J connectivity index is 1.66. The van der Waals surface area contributed by atoms with Crippen LogP contribution in [0.25, 0.3) is 10.1 Å². The predicted molar refractivity (Wildman–Crippen MR) is 86.0 cm³/mol. The Morgan fingerprint density at radius 1 is 1.41 bits per heavy atom. The van der Waals surface area contributed by atoms with Crippen molar-refractivity contribution < 1.29 is 4.79 Å². The highest BCUT2D eigenvalue weighted by Crippen LogP contribution is 2.34. The maximum absolute atomic E-state index is 12.9. The average molecular weight is 312 g/mol. The van der Waals surface area contributed by atoms with Gasteiger partial charge in [-0.3, -0.25) is 9.89 Å². The molecule has 1 aromatic carbocycles. The molecule has 0 aliphatic carbocycles. The Bertz CT molecular complexity index is 804. The van der Waals surface area contributed by atoms with Crippen molar-refractivity contribution in [1.29, 1.82) is 0 Å². The first-order valence-corrected chi connectivity index (χ1v) is 8.22. The third-order valence-corrected chi connectivity index (χ3v) is 5.17. The van der Waals surface area contributed by atoms with Gasteiger partial charge < -0.3 is 4.90 Å². The van der Waals surface area contributed by atoms with Gasteiger partial charge in [-0.25, -0.2) is 4.98 Å². The molecule has 4 rings (SSSR count). The molecule has 112 valence electrons. The molecule has 1 amide bonds. The average Bonchev–Trinajstić information content (AvgIpc) is 3.24. The molecule has 0 radical (unpaired) electrons. The number of likely N-dealkylation sites (tertiary alicyclic amines) is 1. The lowest BCUT2D eigenvalue weighted by atomic mass is 10.2. The minimum Gasteiger partial charge on any atom is -0.328 e. The van der Waals surface area contributed by atoms with Crippen LogP contribution in [-0.4, -0.2) is 32.5 Å². The fourth-order valence-corrected chi connectivity index (χ4v) is 4.03. The summed E-state index contributed by atoms with van der Waals surface area (Å²) in [6.07, 6.45) is 1.92. The Hall–Kier alpha value is -2.21. The molecule has 3 heterocycles. The molecule has 1 saturated heterocycles. The molecule has 1 aliphatic rings. The van der Waals surface area contributed by atoms with E-state index in [0.717, 1.165) is 46.0 Å². The molecule has 3 aromatic rings. The van der Waals surface area contributed by atoms with Crippen LogP contribution in [0.4, 0.5) is 0 Å². The minimum atomic E-state index is -0.0114. The molecule has 1 fully saturated rings. The van der Waals surface area contributed by atoms with Crippen molar-refractivity contribution in [2.24, 2.45) is 0 Å². The lowest BCUT2D eigenvalue weighted by Crippen LogP contribution is -2.30. The smallest absolute Gasteiger partial charge is 0.264 e. The second-order valence-electron chi connectivity index (χ2n) is 5.58. The summed E-state index contributed by atoms with van der Waals surface area (Å²) < 4.78 is 1.15. The second kappa shape index (κ2) is 5.21. The highest BCUT2D eigenvalue weighted by atomic mass is 32.1. The number of hydrogen-bond donors (Lipinski definition) is 1. The number of thiophene rings is 1. The van der Waals surface area contributed by atoms with E-state index in [1.54, 1.807) is 11.3 Å². The number of benzene rings is 1. The van der Waals surface area contributed by atoms with Gasteiger partial charge in [0.05, 0.1) is 10.9 Å². The summed E-state index contributed by atoms with van der Waals surface area (Å²) in [4.78, 5) is 20.0. The van der Waals surface area contributed by atoms with Crippen molar-refractivity contribution in [2.45, 2.75) is 25.8 Å². The number of amides is 1. The monoisotopic (exact) mass is 312 g/mol. The molecule has 0 spiro atoms. The molecular formula is C16H16N4OS. The van der Waals surface area contributed by atoms with Gasteiger partial charge in [0.15, 0.2) is 5.82 Å². The van der Waals surface area contributed by atoms with E-state index in [1.807, 2.05) is 36.1 Å². The molecule has 1 atom stereocenters. The fraction of sp³-hybridized carbons (Fsp3) is 0.312. The lowest BCUT2D eigenvalue weighted by Gasteiger charge is -2.21. The molecule has 1 unspecified atom stereocenters. The summed E-state index contributed by atoms with van der Waals surface area (Å²) in [6.45, 7) is 2.65. The van der Waals surface area contributed by atoms with E-state index in [-0.39, 0.29) is 11.9 Å². The summed E-state index contributed by atoms with van der Waals surface area (Å²) in [5, 5.41) is 8.24. The molecule has 1 aliphatic heterocycles. The summed E-state index contributed by atoms with van der Waals surface area (Å²) in [5.41, 5.74) is 0. The van der Waals surface area contributed by atoms with Gasteiger partial charge in [-0.2, -0.15) is 5.10 Å². The van der Waals surface area contributed by atoms with E-state index in [9.17, 15) is 4.79 Å². The zero-order valence-electron chi connectivity index (χ0n) is 12.2. The number of carbonyl (C=O) groups is 1. The van der Waals surface area contributed by atoms with Crippen molar-refractivity contribution >= 4 is 27.3 Å². The molecular weight excluding hydrogens is 296 g/mol. The fourth-order valence-electron chi connectivity index (χ4n) is 3.02. The first-order valence-electron chi connectivity index (χ1n) is 7.41. The lowest BCUT2D eigenvalue weighted by molar-refractivity contribution is 0.0735. The second-order valence-corrected chi connectivity index (χ2v) is 6.67. The number of fused-ring (bicyclic) bond motifs is 1. The number of hydrogen-bond acceptors (Lipinski definition) is 4. The van der Waals surface area contributed by atoms with E-state index < -0.39 is 0 Å². The highest BCUT2D eigenvalue weighted by molar-refractivity contribution is 7.20. The number of aryl methyl sites for hydroxylation is 1. The Morgan fingerprint density at radius 3 is 3.05 bits per heavy atom. The van der Waals surface area contributed by atoms with Crippen LogP contribution in [0.3, 0.4) is 0 Å². The maximum atomic E-state index is 12.9. The van der Waals surface area contributed by atoms with E-state index >= 15 is 0 Å². The number of rotatable bonds is 2. The zero-order valence-corrected chi connectivity index (χ0v) is 13.1. The van der Waals surface area contributed by atoms with Crippen molar-refractivity contribution in [3.8, 4) is 0 Å². The Labute approximate surface area is 132 Å². The summed E-state index contributed by atoms with van der Waals surface area (Å²) in [6, 6.07) is 10.1. The number of carbonyl (C=O) groups excluding carboxylic acids is 1. The van der Waals surface area contributed by atoms with Crippen LogP contribution in [0.1, 0.15) is 40.2 Å². The van der Waals surface area contributed by atoms with Gasteiger partial charge in [0.25, 0.3) is 5.91 Å². The molecule has 6 heteroatoms. The van der Waals surface area contributed by atoms with Crippen LogP contribution in [0.15, 0.2) is 30.3 Å². The van der Waals surface area contributed by atoms with Crippen LogP contribution >= 0.6 is 11.3 Å². The quantitative estimate of drug-likeness (QED) is 0.789. The highest BCUT2D eigenvalue weighted by Gasteiger charge is 2.33. The van der Waals surface area contributed by atoms with Crippen molar-refractivity contribution in [3.05, 3.63) is 46.9 Å². The third kappa shape index (κ3) is 2.20. The van der Waals surface area contributed by atoms with Crippen molar-refractivity contribution in [1.82, 2.24) is 20.1 Å².